The van der Waals surface area contributed by atoms with E-state index in [9.17, 15) is 107 Å². The lowest BCUT2D eigenvalue weighted by Gasteiger charge is -2.32. The van der Waals surface area contributed by atoms with Gasteiger partial charge in [-0.3, -0.25) is 81.5 Å². The Morgan fingerprint density at radius 2 is 0.684 bits per heavy atom. The van der Waals surface area contributed by atoms with Crippen molar-refractivity contribution in [3.63, 3.8) is 0 Å². The van der Waals surface area contributed by atoms with Crippen molar-refractivity contribution in [2.24, 2.45) is 52.5 Å². The molecule has 16 atom stereocenters. The van der Waals surface area contributed by atoms with Crippen molar-refractivity contribution in [2.45, 2.75) is 263 Å². The molecule has 26 N–H and O–H groups in total. The highest BCUT2D eigenvalue weighted by Gasteiger charge is 2.41. The van der Waals surface area contributed by atoms with Crippen molar-refractivity contribution >= 4 is 118 Å². The summed E-state index contributed by atoms with van der Waals surface area (Å²) in [7, 11) is 0. The highest BCUT2D eigenvalue weighted by Crippen LogP contribution is 2.22. The fourth-order valence-corrected chi connectivity index (χ4v) is 11.8. The second-order valence-corrected chi connectivity index (χ2v) is 29.1. The molecule has 1 heterocycles. The zero-order valence-corrected chi connectivity index (χ0v) is 66.3. The number of rotatable bonds is 56. The first-order chi connectivity index (χ1) is 53.5. The zero-order valence-electron chi connectivity index (χ0n) is 66.3. The summed E-state index contributed by atoms with van der Waals surface area (Å²) in [4.78, 5) is 246. The number of aromatic nitrogens is 1. The van der Waals surface area contributed by atoms with Crippen molar-refractivity contribution < 1.29 is 112 Å². The van der Waals surface area contributed by atoms with Crippen LogP contribution in [0.4, 0.5) is 0 Å². The van der Waals surface area contributed by atoms with Gasteiger partial charge in [-0.05, 0) is 112 Å². The predicted molar refractivity (Wildman–Crippen MR) is 411 cm³/mol. The molecule has 0 radical (unpaired) electrons. The Labute approximate surface area is 660 Å². The van der Waals surface area contributed by atoms with Crippen LogP contribution in [0.1, 0.15) is 184 Å². The molecule has 114 heavy (non-hydrogen) atoms. The first kappa shape index (κ1) is 99.2. The first-order valence-electron chi connectivity index (χ1n) is 38.3. The summed E-state index contributed by atoms with van der Waals surface area (Å²) < 4.78 is 0. The van der Waals surface area contributed by atoms with E-state index in [-0.39, 0.29) is 58.0 Å². The Morgan fingerprint density at radius 1 is 0.368 bits per heavy atom. The normalized spacial score (nSPS) is 15.5. The maximum Gasteiger partial charge on any atom is 0.326 e. The number of para-hydroxylation sites is 1. The molecule has 0 aliphatic rings. The number of nitrogens with one attached hydrogen (secondary N) is 13. The van der Waals surface area contributed by atoms with Crippen LogP contribution in [-0.2, 0) is 92.7 Å². The Hall–Kier alpha value is -10.9. The number of carbonyl (C=O) groups excluding carboxylic acids is 13. The van der Waals surface area contributed by atoms with Gasteiger partial charge in [-0.2, -0.15) is 0 Å². The molecule has 1 aromatic carbocycles. The fraction of sp³-hybridized carbons (Fsp3) is 0.649. The van der Waals surface area contributed by atoms with Crippen molar-refractivity contribution in [3.8, 4) is 0 Å². The predicted octanol–water partition coefficient (Wildman–Crippen LogP) is -2.41. The van der Waals surface area contributed by atoms with E-state index in [4.69, 9.17) is 28.0 Å². The third-order valence-electron chi connectivity index (χ3n) is 19.4. The molecule has 638 valence electrons. The van der Waals surface area contributed by atoms with Gasteiger partial charge in [0.25, 0.3) is 0 Å². The van der Waals surface area contributed by atoms with Gasteiger partial charge < -0.3 is 117 Å². The van der Waals surface area contributed by atoms with Gasteiger partial charge in [-0.1, -0.05) is 107 Å². The minimum Gasteiger partial charge on any atom is -0.481 e. The molecule has 0 unspecified atom stereocenters. The van der Waals surface area contributed by atoms with Gasteiger partial charge in [-0.15, -0.1) is 0 Å². The summed E-state index contributed by atoms with van der Waals surface area (Å²) in [6.45, 7) is 16.4. The molecule has 0 saturated carbocycles. The Kier molecular flexibility index (Phi) is 43.7. The SMILES string of the molecule is CC[C@H](C)[C@H](NC(=O)[C@H](CCC(=O)O)NC(=O)[C@H](CC(N)=O)NC(=O)[C@@H](N)CC(=O)O)C(=O)N[C@@H](CCC(=O)O)C(=O)N[C@H](C(=O)N[C@H](C(=O)N[C@H](C(=O)N[C@H](C(=O)N[C@@H](Cc1c[nH]c2ccccc12)C(=O)N[C@@H](CCC(=O)O)C(=O)N[C@@H](CCCCN)C(=O)N[C@@H](CCCCN)C(=O)O)C(C)C)[C@@H](C)CC)[C@@H](C)CC)C(C)C. The largest absolute Gasteiger partial charge is 0.481 e. The van der Waals surface area contributed by atoms with E-state index in [1.54, 1.807) is 78.9 Å². The Bertz CT molecular complexity index is 3650. The van der Waals surface area contributed by atoms with Crippen LogP contribution in [0, 0.1) is 29.6 Å². The molecule has 13 amide bonds. The monoisotopic (exact) mass is 1610 g/mol. The molecular formula is C74H119N17O23. The van der Waals surface area contributed by atoms with Crippen LogP contribution in [0.5, 0.6) is 0 Å². The maximum absolute atomic E-state index is 14.9. The molecule has 0 fully saturated rings. The summed E-state index contributed by atoms with van der Waals surface area (Å²) in [5, 5.41) is 78.9. The van der Waals surface area contributed by atoms with E-state index in [0.717, 1.165) is 0 Å². The number of aliphatic carboxylic acids is 5. The molecular weight excluding hydrogens is 1490 g/mol. The number of amides is 13. The summed E-state index contributed by atoms with van der Waals surface area (Å²) >= 11 is 0. The molecule has 2 aromatic rings. The van der Waals surface area contributed by atoms with E-state index in [1.807, 2.05) is 0 Å². The number of carboxylic acid groups (broad SMARTS) is 5. The quantitative estimate of drug-likeness (QED) is 0.0307. The van der Waals surface area contributed by atoms with Gasteiger partial charge in [-0.25, -0.2) is 4.79 Å². The van der Waals surface area contributed by atoms with Crippen LogP contribution in [0.15, 0.2) is 30.5 Å². The highest BCUT2D eigenvalue weighted by molar-refractivity contribution is 6.01. The number of H-pyrrole nitrogens is 1. The number of carbonyl (C=O) groups is 18. The van der Waals surface area contributed by atoms with E-state index in [1.165, 1.54) is 20.8 Å². The molecule has 0 aliphatic heterocycles. The lowest BCUT2D eigenvalue weighted by atomic mass is 9.93. The van der Waals surface area contributed by atoms with Crippen molar-refractivity contribution in [3.05, 3.63) is 36.0 Å². The summed E-state index contributed by atoms with van der Waals surface area (Å²) in [5.74, 6) is -24.6. The third kappa shape index (κ3) is 34.2. The van der Waals surface area contributed by atoms with Crippen LogP contribution >= 0.6 is 0 Å². The van der Waals surface area contributed by atoms with Gasteiger partial charge in [0.1, 0.15) is 72.5 Å². The number of carboxylic acids is 5. The lowest BCUT2D eigenvalue weighted by Crippen LogP contribution is -2.63. The van der Waals surface area contributed by atoms with Crippen LogP contribution in [0.25, 0.3) is 10.9 Å². The minimum atomic E-state index is -1.88. The fourth-order valence-electron chi connectivity index (χ4n) is 11.8. The Morgan fingerprint density at radius 3 is 1.08 bits per heavy atom. The average Bonchev–Trinajstić information content (AvgIpc) is 1.61. The van der Waals surface area contributed by atoms with Crippen molar-refractivity contribution in [2.75, 3.05) is 13.1 Å². The number of hydrogen-bond acceptors (Lipinski definition) is 21. The average molecular weight is 1610 g/mol. The van der Waals surface area contributed by atoms with Gasteiger partial charge in [0, 0.05) is 42.8 Å². The molecule has 0 spiro atoms. The number of nitrogens with two attached hydrogens (primary N) is 4. The molecule has 0 aliphatic carbocycles. The summed E-state index contributed by atoms with van der Waals surface area (Å²) in [6, 6.07) is -13.8. The van der Waals surface area contributed by atoms with Gasteiger partial charge in [0.05, 0.1) is 18.9 Å². The molecule has 0 bridgehead atoms. The highest BCUT2D eigenvalue weighted by atomic mass is 16.4. The topological polar surface area (TPSA) is 673 Å². The van der Waals surface area contributed by atoms with Gasteiger partial charge >= 0.3 is 29.8 Å². The summed E-state index contributed by atoms with van der Waals surface area (Å²) in [6.07, 6.45) is -2.44. The first-order valence-corrected chi connectivity index (χ1v) is 38.3. The number of hydrogen-bond donors (Lipinski definition) is 22. The second-order valence-electron chi connectivity index (χ2n) is 29.1. The standard InChI is InChI=1S/C74H119N17O23/c1-11-38(8)59(89-66(105)47(25-28-54(95)96)82-68(107)51(34-52(78)92)85-62(101)43(77)33-56(99)100)71(110)83-48(26-29-55(97)98)65(104)87-58(37(6)7)70(109)90-61(40(10)13-3)73(112)91-60(39(9)12-2)72(111)88-57(36(4)5)69(108)86-50(32-41-35-79-44-21-15-14-20-42(41)44)67(106)81-46(24-27-53(93)94)64(103)80-45(22-16-18-30-75)63(102)84-49(74(113)114)23-17-19-31-76/h14-15,20-21,35-40,43,45-51,57-61,79H,11-13,16-19,22-34,75-77H2,1-10H3,(H2,78,92)(H,80,103)(H,81,106)(H,82,107)(H,83,110)(H,84,102)(H,85,101)(H,86,108)(H,87,104)(H,88,111)(H,89,105)(H,90,109)(H,91,112)(H,93,94)(H,95,96)(H,97,98)(H,99,100)(H,113,114)/t38-,39-,40-,43-,45-,46-,47-,48-,49-,50-,51-,57-,58-,59-,60-,61-/m0/s1. The number of aromatic amines is 1. The van der Waals surface area contributed by atoms with Crippen LogP contribution in [-0.4, -0.2) is 229 Å². The van der Waals surface area contributed by atoms with E-state index >= 15 is 0 Å². The maximum atomic E-state index is 14.9. The van der Waals surface area contributed by atoms with Gasteiger partial charge in [0.2, 0.25) is 76.8 Å². The van der Waals surface area contributed by atoms with Crippen molar-refractivity contribution in [1.29, 1.82) is 0 Å². The second kappa shape index (κ2) is 50.3. The number of unbranched alkanes of at least 4 members (excludes halogenated alkanes) is 2. The van der Waals surface area contributed by atoms with Crippen molar-refractivity contribution in [1.82, 2.24) is 68.8 Å². The zero-order chi connectivity index (χ0) is 86.4. The lowest BCUT2D eigenvalue weighted by molar-refractivity contribution is -0.142. The Balaban J connectivity index is 2.59. The number of benzene rings is 1. The van der Waals surface area contributed by atoms with E-state index in [2.05, 4.69) is 68.8 Å². The van der Waals surface area contributed by atoms with E-state index in [0.29, 0.717) is 35.7 Å². The molecule has 2 rings (SSSR count). The number of fused-ring (bicyclic) bond motifs is 1. The molecule has 0 saturated heterocycles. The molecule has 40 heteroatoms. The number of primary amides is 1. The summed E-state index contributed by atoms with van der Waals surface area (Å²) in [5.41, 5.74) is 23.4. The molecule has 1 aromatic heterocycles. The van der Waals surface area contributed by atoms with E-state index < -0.39 is 266 Å². The van der Waals surface area contributed by atoms with Crippen LogP contribution in [0.2, 0.25) is 0 Å². The van der Waals surface area contributed by atoms with Crippen LogP contribution < -0.4 is 86.7 Å². The third-order valence-corrected chi connectivity index (χ3v) is 19.4. The minimum absolute atomic E-state index is 0.0133. The van der Waals surface area contributed by atoms with Gasteiger partial charge in [0.15, 0.2) is 0 Å². The smallest absolute Gasteiger partial charge is 0.326 e. The molecule has 40 nitrogen and oxygen atoms in total. The van der Waals surface area contributed by atoms with Crippen LogP contribution in [0.3, 0.4) is 0 Å².